The maximum absolute atomic E-state index is 12.5. The number of hydrogen-bond donors (Lipinski definition) is 1. The standard InChI is InChI=1S/C20H18ClN3O2/c1-13-11-16(21)8-9-17(13)23-19(26)12-24(14(2)25)18-7-3-5-15-6-4-10-22-20(15)18/h3-11H,12H2,1-2H3,(H,23,26). The second-order valence-corrected chi connectivity index (χ2v) is 6.40. The summed E-state index contributed by atoms with van der Waals surface area (Å²) in [6, 6.07) is 14.5. The number of benzene rings is 2. The zero-order valence-corrected chi connectivity index (χ0v) is 15.2. The van der Waals surface area contributed by atoms with Crippen LogP contribution in [0.4, 0.5) is 11.4 Å². The monoisotopic (exact) mass is 367 g/mol. The van der Waals surface area contributed by atoms with Crippen LogP contribution in [-0.2, 0) is 9.59 Å². The Morgan fingerprint density at radius 2 is 1.92 bits per heavy atom. The molecule has 1 N–H and O–H groups in total. The Kier molecular flexibility index (Phi) is 5.19. The molecule has 1 heterocycles. The molecule has 2 amide bonds. The summed E-state index contributed by atoms with van der Waals surface area (Å²) >= 11 is 5.94. The molecule has 5 nitrogen and oxygen atoms in total. The van der Waals surface area contributed by atoms with Gasteiger partial charge in [-0.25, -0.2) is 0 Å². The van der Waals surface area contributed by atoms with Crippen LogP contribution in [0.1, 0.15) is 12.5 Å². The van der Waals surface area contributed by atoms with Crippen LogP contribution in [-0.4, -0.2) is 23.3 Å². The van der Waals surface area contributed by atoms with Gasteiger partial charge < -0.3 is 10.2 Å². The predicted octanol–water partition coefficient (Wildman–Crippen LogP) is 4.19. The van der Waals surface area contributed by atoms with Gasteiger partial charge in [0.15, 0.2) is 0 Å². The van der Waals surface area contributed by atoms with Gasteiger partial charge in [0, 0.05) is 29.2 Å². The molecule has 132 valence electrons. The molecule has 0 unspecified atom stereocenters. The van der Waals surface area contributed by atoms with Crippen molar-refractivity contribution in [1.82, 2.24) is 4.98 Å². The normalized spacial score (nSPS) is 10.6. The third-order valence-corrected chi connectivity index (χ3v) is 4.28. The van der Waals surface area contributed by atoms with Crippen molar-refractivity contribution in [2.24, 2.45) is 0 Å². The van der Waals surface area contributed by atoms with E-state index in [9.17, 15) is 9.59 Å². The predicted molar refractivity (Wildman–Crippen MR) is 105 cm³/mol. The van der Waals surface area contributed by atoms with Crippen molar-refractivity contribution in [3.05, 3.63) is 65.3 Å². The average Bonchev–Trinajstić information content (AvgIpc) is 2.61. The Labute approximate surface area is 156 Å². The van der Waals surface area contributed by atoms with Crippen molar-refractivity contribution in [3.63, 3.8) is 0 Å². The minimum absolute atomic E-state index is 0.104. The summed E-state index contributed by atoms with van der Waals surface area (Å²) in [4.78, 5) is 30.5. The Balaban J connectivity index is 1.86. The highest BCUT2D eigenvalue weighted by Crippen LogP contribution is 2.25. The maximum Gasteiger partial charge on any atom is 0.244 e. The molecule has 0 fully saturated rings. The number of hydrogen-bond acceptors (Lipinski definition) is 3. The average molecular weight is 368 g/mol. The third kappa shape index (κ3) is 3.83. The van der Waals surface area contributed by atoms with E-state index in [-0.39, 0.29) is 18.4 Å². The molecular weight excluding hydrogens is 350 g/mol. The molecule has 3 aromatic rings. The van der Waals surface area contributed by atoms with Crippen LogP contribution in [0.5, 0.6) is 0 Å². The maximum atomic E-state index is 12.5. The number of halogens is 1. The zero-order chi connectivity index (χ0) is 18.7. The number of aryl methyl sites for hydroxylation is 1. The molecule has 0 atom stereocenters. The molecule has 1 aromatic heterocycles. The van der Waals surface area contributed by atoms with E-state index in [0.717, 1.165) is 10.9 Å². The molecule has 26 heavy (non-hydrogen) atoms. The van der Waals surface area contributed by atoms with Crippen LogP contribution in [0.25, 0.3) is 10.9 Å². The molecular formula is C20H18ClN3O2. The minimum atomic E-state index is -0.293. The molecule has 0 aliphatic carbocycles. The summed E-state index contributed by atoms with van der Waals surface area (Å²) in [5.41, 5.74) is 2.81. The van der Waals surface area contributed by atoms with Gasteiger partial charge >= 0.3 is 0 Å². The van der Waals surface area contributed by atoms with Crippen LogP contribution in [0.2, 0.25) is 5.02 Å². The summed E-state index contributed by atoms with van der Waals surface area (Å²) in [7, 11) is 0. The van der Waals surface area contributed by atoms with Crippen LogP contribution >= 0.6 is 11.6 Å². The van der Waals surface area contributed by atoms with Crippen LogP contribution in [0.3, 0.4) is 0 Å². The van der Waals surface area contributed by atoms with Crippen molar-refractivity contribution in [1.29, 1.82) is 0 Å². The number of carbonyl (C=O) groups is 2. The zero-order valence-electron chi connectivity index (χ0n) is 14.5. The second-order valence-electron chi connectivity index (χ2n) is 5.96. The van der Waals surface area contributed by atoms with E-state index in [2.05, 4.69) is 10.3 Å². The van der Waals surface area contributed by atoms with E-state index in [0.29, 0.717) is 21.9 Å². The topological polar surface area (TPSA) is 62.3 Å². The number of nitrogens with one attached hydrogen (secondary N) is 1. The van der Waals surface area contributed by atoms with Gasteiger partial charge in [-0.2, -0.15) is 0 Å². The van der Waals surface area contributed by atoms with E-state index in [1.807, 2.05) is 31.2 Å². The van der Waals surface area contributed by atoms with E-state index in [1.165, 1.54) is 11.8 Å². The van der Waals surface area contributed by atoms with E-state index in [1.54, 1.807) is 30.5 Å². The van der Waals surface area contributed by atoms with Gasteiger partial charge in [-0.3, -0.25) is 14.6 Å². The summed E-state index contributed by atoms with van der Waals surface area (Å²) in [5.74, 6) is -0.523. The summed E-state index contributed by atoms with van der Waals surface area (Å²) in [6.45, 7) is 3.19. The van der Waals surface area contributed by atoms with Gasteiger partial charge in [0.25, 0.3) is 0 Å². The molecule has 6 heteroatoms. The molecule has 3 rings (SSSR count). The molecule has 0 aliphatic rings. The lowest BCUT2D eigenvalue weighted by Crippen LogP contribution is -2.37. The number of pyridine rings is 1. The Morgan fingerprint density at radius 3 is 2.65 bits per heavy atom. The fourth-order valence-electron chi connectivity index (χ4n) is 2.77. The third-order valence-electron chi connectivity index (χ3n) is 4.05. The molecule has 0 saturated heterocycles. The van der Waals surface area contributed by atoms with E-state index < -0.39 is 0 Å². The van der Waals surface area contributed by atoms with Gasteiger partial charge in [-0.05, 0) is 42.8 Å². The van der Waals surface area contributed by atoms with Gasteiger partial charge in [0.1, 0.15) is 6.54 Å². The fourth-order valence-corrected chi connectivity index (χ4v) is 3.00. The van der Waals surface area contributed by atoms with Gasteiger partial charge in [-0.15, -0.1) is 0 Å². The fraction of sp³-hybridized carbons (Fsp3) is 0.150. The Morgan fingerprint density at radius 1 is 1.15 bits per heavy atom. The van der Waals surface area contributed by atoms with Crippen molar-refractivity contribution >= 4 is 45.7 Å². The largest absolute Gasteiger partial charge is 0.324 e. The van der Waals surface area contributed by atoms with Crippen molar-refractivity contribution in [3.8, 4) is 0 Å². The highest BCUT2D eigenvalue weighted by Gasteiger charge is 2.19. The first-order chi connectivity index (χ1) is 12.5. The van der Waals surface area contributed by atoms with Crippen molar-refractivity contribution in [2.75, 3.05) is 16.8 Å². The van der Waals surface area contributed by atoms with Gasteiger partial charge in [0.05, 0.1) is 11.2 Å². The smallest absolute Gasteiger partial charge is 0.244 e. The number of amides is 2. The first-order valence-electron chi connectivity index (χ1n) is 8.13. The van der Waals surface area contributed by atoms with Crippen LogP contribution in [0.15, 0.2) is 54.7 Å². The van der Waals surface area contributed by atoms with Crippen molar-refractivity contribution in [2.45, 2.75) is 13.8 Å². The van der Waals surface area contributed by atoms with E-state index in [4.69, 9.17) is 11.6 Å². The van der Waals surface area contributed by atoms with Gasteiger partial charge in [-0.1, -0.05) is 29.8 Å². The molecule has 2 aromatic carbocycles. The molecule has 0 spiro atoms. The van der Waals surface area contributed by atoms with Crippen molar-refractivity contribution < 1.29 is 9.59 Å². The SMILES string of the molecule is CC(=O)N(CC(=O)Nc1ccc(Cl)cc1C)c1cccc2cccnc12. The lowest BCUT2D eigenvalue weighted by molar-refractivity contribution is -0.120. The number of rotatable bonds is 4. The van der Waals surface area contributed by atoms with Gasteiger partial charge in [0.2, 0.25) is 11.8 Å². The first kappa shape index (κ1) is 17.9. The Hall–Kier alpha value is -2.92. The molecule has 0 aliphatic heterocycles. The first-order valence-corrected chi connectivity index (χ1v) is 8.51. The highest BCUT2D eigenvalue weighted by molar-refractivity contribution is 6.30. The molecule has 0 saturated carbocycles. The quantitative estimate of drug-likeness (QED) is 0.752. The lowest BCUT2D eigenvalue weighted by atomic mass is 10.1. The second kappa shape index (κ2) is 7.54. The summed E-state index contributed by atoms with van der Waals surface area (Å²) in [6.07, 6.45) is 1.67. The Bertz CT molecular complexity index is 982. The summed E-state index contributed by atoms with van der Waals surface area (Å²) < 4.78 is 0. The number of aromatic nitrogens is 1. The highest BCUT2D eigenvalue weighted by atomic mass is 35.5. The number of nitrogens with zero attached hydrogens (tertiary/aromatic N) is 2. The molecule has 0 bridgehead atoms. The number of anilines is 2. The number of carbonyl (C=O) groups excluding carboxylic acids is 2. The van der Waals surface area contributed by atoms with E-state index >= 15 is 0 Å². The molecule has 0 radical (unpaired) electrons. The number of fused-ring (bicyclic) bond motifs is 1. The minimum Gasteiger partial charge on any atom is -0.324 e. The lowest BCUT2D eigenvalue weighted by Gasteiger charge is -2.22. The number of para-hydroxylation sites is 1. The van der Waals surface area contributed by atoms with Crippen LogP contribution in [0, 0.1) is 6.92 Å². The summed E-state index contributed by atoms with van der Waals surface area (Å²) in [5, 5.41) is 4.34. The van der Waals surface area contributed by atoms with Crippen LogP contribution < -0.4 is 10.2 Å².